The van der Waals surface area contributed by atoms with Crippen LogP contribution in [0.5, 0.6) is 0 Å². The summed E-state index contributed by atoms with van der Waals surface area (Å²) < 4.78 is 0. The number of aromatic nitrogens is 1. The summed E-state index contributed by atoms with van der Waals surface area (Å²) in [5.41, 5.74) is 5.60. The molecule has 3 heterocycles. The van der Waals surface area contributed by atoms with Crippen molar-refractivity contribution in [1.82, 2.24) is 15.2 Å². The molecular formula is C27H28N4OS2. The molecule has 0 unspecified atom stereocenters. The summed E-state index contributed by atoms with van der Waals surface area (Å²) in [4.78, 5) is 23.2. The number of carbonyl (C=O) groups excluding carboxylic acids is 1. The normalized spacial score (nSPS) is 14.3. The van der Waals surface area contributed by atoms with E-state index >= 15 is 0 Å². The molecule has 5 rings (SSSR count). The first-order chi connectivity index (χ1) is 16.7. The highest BCUT2D eigenvalue weighted by atomic mass is 32.1. The van der Waals surface area contributed by atoms with Crippen molar-refractivity contribution in [3.63, 3.8) is 0 Å². The minimum Gasteiger partial charge on any atom is -0.369 e. The van der Waals surface area contributed by atoms with Gasteiger partial charge in [0.15, 0.2) is 0 Å². The number of carbonyl (C=O) groups is 1. The van der Waals surface area contributed by atoms with Gasteiger partial charge < -0.3 is 10.2 Å². The second kappa shape index (κ2) is 10.5. The van der Waals surface area contributed by atoms with Gasteiger partial charge in [0.05, 0.1) is 5.69 Å². The molecule has 1 aliphatic heterocycles. The maximum atomic E-state index is 12.9. The van der Waals surface area contributed by atoms with Crippen molar-refractivity contribution < 1.29 is 4.79 Å². The highest BCUT2D eigenvalue weighted by Gasteiger charge is 2.19. The minimum atomic E-state index is -0.0530. The minimum absolute atomic E-state index is 0.0530. The zero-order valence-corrected chi connectivity index (χ0v) is 20.9. The Labute approximate surface area is 208 Å². The Bertz CT molecular complexity index is 1230. The molecule has 1 N–H and O–H groups in total. The van der Waals surface area contributed by atoms with E-state index in [1.807, 2.05) is 24.4 Å². The maximum absolute atomic E-state index is 12.9. The first-order valence-corrected chi connectivity index (χ1v) is 13.3. The van der Waals surface area contributed by atoms with Crippen LogP contribution in [0, 0.1) is 6.92 Å². The molecule has 1 saturated heterocycles. The van der Waals surface area contributed by atoms with E-state index in [1.54, 1.807) is 11.3 Å². The summed E-state index contributed by atoms with van der Waals surface area (Å²) in [6.07, 6.45) is 0. The zero-order valence-electron chi connectivity index (χ0n) is 19.2. The summed E-state index contributed by atoms with van der Waals surface area (Å²) in [5, 5.41) is 8.13. The number of anilines is 1. The van der Waals surface area contributed by atoms with E-state index in [9.17, 15) is 4.79 Å². The van der Waals surface area contributed by atoms with Crippen LogP contribution in [0.15, 0.2) is 71.4 Å². The fourth-order valence-electron chi connectivity index (χ4n) is 4.30. The van der Waals surface area contributed by atoms with Crippen molar-refractivity contribution in [2.75, 3.05) is 31.1 Å². The molecule has 1 aliphatic rings. The van der Waals surface area contributed by atoms with Gasteiger partial charge in [0.2, 0.25) is 0 Å². The molecule has 0 radical (unpaired) electrons. The van der Waals surface area contributed by atoms with Crippen LogP contribution in [0.4, 0.5) is 5.69 Å². The van der Waals surface area contributed by atoms with Crippen molar-refractivity contribution in [1.29, 1.82) is 0 Å². The maximum Gasteiger partial charge on any atom is 0.263 e. The van der Waals surface area contributed by atoms with Crippen molar-refractivity contribution >= 4 is 34.3 Å². The van der Waals surface area contributed by atoms with Crippen LogP contribution in [0.3, 0.4) is 0 Å². The number of thiophene rings is 1. The predicted molar refractivity (Wildman–Crippen MR) is 142 cm³/mol. The van der Waals surface area contributed by atoms with Crippen LogP contribution in [0.25, 0.3) is 10.6 Å². The average Bonchev–Trinajstić information content (AvgIpc) is 3.54. The molecule has 1 amide bonds. The second-order valence-electron chi connectivity index (χ2n) is 8.50. The number of benzene rings is 2. The number of hydrogen-bond acceptors (Lipinski definition) is 6. The summed E-state index contributed by atoms with van der Waals surface area (Å²) in [7, 11) is 0. The van der Waals surface area contributed by atoms with E-state index < -0.39 is 0 Å². The molecule has 0 atom stereocenters. The largest absolute Gasteiger partial charge is 0.369 e. The van der Waals surface area contributed by atoms with E-state index in [0.29, 0.717) is 11.4 Å². The first-order valence-electron chi connectivity index (χ1n) is 11.5. The summed E-state index contributed by atoms with van der Waals surface area (Å²) >= 11 is 3.10. The van der Waals surface area contributed by atoms with Gasteiger partial charge in [0, 0.05) is 55.9 Å². The lowest BCUT2D eigenvalue weighted by molar-refractivity contribution is 0.0954. The Morgan fingerprint density at radius 1 is 0.971 bits per heavy atom. The number of thiazole rings is 1. The van der Waals surface area contributed by atoms with Gasteiger partial charge in [-0.1, -0.05) is 42.5 Å². The van der Waals surface area contributed by atoms with Crippen LogP contribution in [0.1, 0.15) is 26.5 Å². The van der Waals surface area contributed by atoms with Gasteiger partial charge in [0.1, 0.15) is 9.88 Å². The average molecular weight is 489 g/mol. The topological polar surface area (TPSA) is 48.5 Å². The summed E-state index contributed by atoms with van der Waals surface area (Å²) in [6.45, 7) is 7.44. The fourth-order valence-corrected chi connectivity index (χ4v) is 5.99. The quantitative estimate of drug-likeness (QED) is 0.377. The van der Waals surface area contributed by atoms with Gasteiger partial charge in [-0.15, -0.1) is 11.3 Å². The molecule has 2 aromatic heterocycles. The molecule has 0 aliphatic carbocycles. The number of hydrogen-bond donors (Lipinski definition) is 1. The van der Waals surface area contributed by atoms with E-state index in [4.69, 9.17) is 0 Å². The smallest absolute Gasteiger partial charge is 0.263 e. The third kappa shape index (κ3) is 5.22. The number of rotatable bonds is 7. The number of nitrogens with one attached hydrogen (secondary N) is 1. The highest BCUT2D eigenvalue weighted by Crippen LogP contribution is 2.29. The van der Waals surface area contributed by atoms with Crippen LogP contribution >= 0.6 is 22.7 Å². The molecule has 34 heavy (non-hydrogen) atoms. The fraction of sp³-hybridized carbons (Fsp3) is 0.259. The zero-order chi connectivity index (χ0) is 23.3. The van der Waals surface area contributed by atoms with Crippen LogP contribution < -0.4 is 10.2 Å². The molecule has 4 aromatic rings. The Kier molecular flexibility index (Phi) is 7.04. The molecule has 5 nitrogen and oxygen atoms in total. The Morgan fingerprint density at radius 3 is 2.44 bits per heavy atom. The van der Waals surface area contributed by atoms with E-state index in [1.165, 1.54) is 28.2 Å². The lowest BCUT2D eigenvalue weighted by atomic mass is 10.1. The number of para-hydroxylation sites is 1. The standard InChI is InChI=1S/C27H28N4OS2/c1-20-25(34-27(29-20)23-11-16-33-19-23)26(32)28-17-21-7-5-6-8-22(21)18-30-12-14-31(15-13-30)24-9-3-2-4-10-24/h2-11,16,19H,12-15,17-18H2,1H3,(H,28,32). The molecular weight excluding hydrogens is 460 g/mol. The van der Waals surface area contributed by atoms with Crippen LogP contribution in [0.2, 0.25) is 0 Å². The Balaban J connectivity index is 1.19. The molecule has 0 bridgehead atoms. The van der Waals surface area contributed by atoms with Crippen LogP contribution in [-0.4, -0.2) is 42.0 Å². The first kappa shape index (κ1) is 22.8. The van der Waals surface area contributed by atoms with Gasteiger partial charge in [-0.3, -0.25) is 9.69 Å². The van der Waals surface area contributed by atoms with Crippen LogP contribution in [-0.2, 0) is 13.1 Å². The van der Waals surface area contributed by atoms with E-state index in [0.717, 1.165) is 49.0 Å². The third-order valence-electron chi connectivity index (χ3n) is 6.22. The number of nitrogens with zero attached hydrogens (tertiary/aromatic N) is 3. The highest BCUT2D eigenvalue weighted by molar-refractivity contribution is 7.17. The molecule has 0 saturated carbocycles. The SMILES string of the molecule is Cc1nc(-c2ccsc2)sc1C(=O)NCc1ccccc1CN1CCN(c2ccccc2)CC1. The lowest BCUT2D eigenvalue weighted by Gasteiger charge is -2.36. The van der Waals surface area contributed by atoms with Gasteiger partial charge in [-0.2, -0.15) is 11.3 Å². The van der Waals surface area contributed by atoms with Crippen molar-refractivity contribution in [2.45, 2.75) is 20.0 Å². The molecule has 174 valence electrons. The summed E-state index contributed by atoms with van der Waals surface area (Å²) in [6, 6.07) is 21.1. The van der Waals surface area contributed by atoms with E-state index in [-0.39, 0.29) is 5.91 Å². The van der Waals surface area contributed by atoms with Gasteiger partial charge in [0.25, 0.3) is 5.91 Å². The molecule has 1 fully saturated rings. The molecule has 0 spiro atoms. The van der Waals surface area contributed by atoms with Gasteiger partial charge in [-0.05, 0) is 41.6 Å². The van der Waals surface area contributed by atoms with E-state index in [2.05, 4.69) is 74.0 Å². The number of piperazine rings is 1. The lowest BCUT2D eigenvalue weighted by Crippen LogP contribution is -2.46. The Hall–Kier alpha value is -3.00. The van der Waals surface area contributed by atoms with Crippen molar-refractivity contribution in [3.05, 3.63) is 93.1 Å². The third-order valence-corrected chi connectivity index (χ3v) is 8.10. The Morgan fingerprint density at radius 2 is 1.71 bits per heavy atom. The number of aryl methyl sites for hydroxylation is 1. The number of amides is 1. The second-order valence-corrected chi connectivity index (χ2v) is 10.3. The monoisotopic (exact) mass is 488 g/mol. The van der Waals surface area contributed by atoms with Crippen molar-refractivity contribution in [2.24, 2.45) is 0 Å². The van der Waals surface area contributed by atoms with Gasteiger partial charge >= 0.3 is 0 Å². The predicted octanol–water partition coefficient (Wildman–Crippen LogP) is 5.43. The molecule has 7 heteroatoms. The summed E-state index contributed by atoms with van der Waals surface area (Å²) in [5.74, 6) is -0.0530. The van der Waals surface area contributed by atoms with Gasteiger partial charge in [-0.25, -0.2) is 4.98 Å². The van der Waals surface area contributed by atoms with Crippen molar-refractivity contribution in [3.8, 4) is 10.6 Å². The molecule has 2 aromatic carbocycles.